The molecule has 5 rings (SSSR count). The molecule has 0 unspecified atom stereocenters. The van der Waals surface area contributed by atoms with Gasteiger partial charge < -0.3 is 5.32 Å². The van der Waals surface area contributed by atoms with Crippen LogP contribution in [-0.4, -0.2) is 21.4 Å². The van der Waals surface area contributed by atoms with E-state index in [1.54, 1.807) is 4.90 Å². The molecule has 0 radical (unpaired) electrons. The van der Waals surface area contributed by atoms with E-state index in [-0.39, 0.29) is 24.1 Å². The Morgan fingerprint density at radius 2 is 1.71 bits per heavy atom. The molecule has 4 aromatic rings. The number of rotatable bonds is 4. The second-order valence-electron chi connectivity index (χ2n) is 7.45. The maximum absolute atomic E-state index is 13.2. The fourth-order valence-corrected chi connectivity index (χ4v) is 3.90. The van der Waals surface area contributed by atoms with Crippen molar-refractivity contribution in [3.63, 3.8) is 0 Å². The Labute approximate surface area is 177 Å². The molecular weight excluding hydrogens is 395 g/mol. The zero-order chi connectivity index (χ0) is 21.4. The van der Waals surface area contributed by atoms with Gasteiger partial charge in [-0.05, 0) is 42.0 Å². The average Bonchev–Trinajstić information content (AvgIpc) is 3.17. The summed E-state index contributed by atoms with van der Waals surface area (Å²) in [6.07, 6.45) is 0.00716. The third kappa shape index (κ3) is 3.54. The molecule has 2 amide bonds. The molecule has 0 fully saturated rings. The number of imidazole rings is 1. The Hall–Kier alpha value is -4.00. The smallest absolute Gasteiger partial charge is 0.248 e. The van der Waals surface area contributed by atoms with E-state index >= 15 is 0 Å². The molecule has 3 aromatic carbocycles. The number of benzene rings is 3. The maximum atomic E-state index is 13.2. The van der Waals surface area contributed by atoms with E-state index in [0.717, 1.165) is 11.1 Å². The van der Waals surface area contributed by atoms with Gasteiger partial charge in [-0.25, -0.2) is 9.37 Å². The van der Waals surface area contributed by atoms with Crippen LogP contribution < -0.4 is 10.2 Å². The third-order valence-corrected chi connectivity index (χ3v) is 5.40. The van der Waals surface area contributed by atoms with E-state index in [1.807, 2.05) is 59.2 Å². The van der Waals surface area contributed by atoms with Crippen molar-refractivity contribution >= 4 is 34.5 Å². The minimum Gasteiger partial charge on any atom is -0.324 e. The lowest BCUT2D eigenvalue weighted by Crippen LogP contribution is -2.42. The van der Waals surface area contributed by atoms with Gasteiger partial charge in [0.1, 0.15) is 11.9 Å². The van der Waals surface area contributed by atoms with Crippen molar-refractivity contribution in [1.29, 1.82) is 0 Å². The standard InChI is InChI=1S/C24H19FN4O2/c25-17-10-12-18(13-11-17)26-23(31)21-14-22(30)28(15-16-6-2-1-3-7-16)24-27-19-8-4-5-9-20(19)29(21)24/h1-13,21H,14-15H2,(H,26,31)/t21-/m0/s1. The fraction of sp³-hybridized carbons (Fsp3) is 0.125. The van der Waals surface area contributed by atoms with Crippen molar-refractivity contribution in [1.82, 2.24) is 9.55 Å². The normalized spacial score (nSPS) is 15.7. The first kappa shape index (κ1) is 19.0. The molecule has 0 bridgehead atoms. The number of para-hydroxylation sites is 2. The summed E-state index contributed by atoms with van der Waals surface area (Å²) >= 11 is 0. The van der Waals surface area contributed by atoms with E-state index in [4.69, 9.17) is 0 Å². The Kier molecular flexibility index (Phi) is 4.71. The third-order valence-electron chi connectivity index (χ3n) is 5.40. The van der Waals surface area contributed by atoms with Gasteiger partial charge in [0.05, 0.1) is 24.0 Å². The molecule has 154 valence electrons. The molecular formula is C24H19FN4O2. The Morgan fingerprint density at radius 3 is 2.48 bits per heavy atom. The number of nitrogens with zero attached hydrogens (tertiary/aromatic N) is 3. The van der Waals surface area contributed by atoms with E-state index in [0.29, 0.717) is 23.7 Å². The van der Waals surface area contributed by atoms with Gasteiger partial charge in [-0.1, -0.05) is 42.5 Å². The number of hydrogen-bond acceptors (Lipinski definition) is 3. The monoisotopic (exact) mass is 414 g/mol. The van der Waals surface area contributed by atoms with Gasteiger partial charge in [-0.15, -0.1) is 0 Å². The number of carbonyl (C=O) groups excluding carboxylic acids is 2. The van der Waals surface area contributed by atoms with Crippen LogP contribution in [0.4, 0.5) is 16.0 Å². The first-order valence-electron chi connectivity index (χ1n) is 9.98. The van der Waals surface area contributed by atoms with Crippen LogP contribution in [0.15, 0.2) is 78.9 Å². The molecule has 6 nitrogen and oxygen atoms in total. The molecule has 2 heterocycles. The van der Waals surface area contributed by atoms with Crippen molar-refractivity contribution in [2.45, 2.75) is 19.0 Å². The molecule has 0 saturated carbocycles. The van der Waals surface area contributed by atoms with Gasteiger partial charge >= 0.3 is 0 Å². The summed E-state index contributed by atoms with van der Waals surface area (Å²) in [6, 6.07) is 22.0. The van der Waals surface area contributed by atoms with Crippen LogP contribution in [-0.2, 0) is 16.1 Å². The maximum Gasteiger partial charge on any atom is 0.248 e. The highest BCUT2D eigenvalue weighted by molar-refractivity contribution is 6.04. The first-order chi connectivity index (χ1) is 15.1. The molecule has 0 saturated heterocycles. The molecule has 1 atom stereocenters. The summed E-state index contributed by atoms with van der Waals surface area (Å²) in [5, 5.41) is 2.79. The summed E-state index contributed by atoms with van der Waals surface area (Å²) in [5.41, 5.74) is 2.94. The highest BCUT2D eigenvalue weighted by atomic mass is 19.1. The minimum absolute atomic E-state index is 0.00716. The molecule has 7 heteroatoms. The molecule has 0 spiro atoms. The average molecular weight is 414 g/mol. The minimum atomic E-state index is -0.757. The van der Waals surface area contributed by atoms with Crippen LogP contribution in [0, 0.1) is 5.82 Å². The Bertz CT molecular complexity index is 1270. The second-order valence-corrected chi connectivity index (χ2v) is 7.45. The lowest BCUT2D eigenvalue weighted by molar-refractivity contribution is -0.126. The summed E-state index contributed by atoms with van der Waals surface area (Å²) in [5.74, 6) is -0.458. The van der Waals surface area contributed by atoms with Gasteiger partial charge in [0.25, 0.3) is 0 Å². The van der Waals surface area contributed by atoms with Crippen LogP contribution in [0.1, 0.15) is 18.0 Å². The number of hydrogen-bond donors (Lipinski definition) is 1. The first-order valence-corrected chi connectivity index (χ1v) is 9.98. The van der Waals surface area contributed by atoms with Gasteiger partial charge in [0.15, 0.2) is 0 Å². The SMILES string of the molecule is O=C(Nc1ccc(F)cc1)[C@@H]1CC(=O)N(Cc2ccccc2)c2nc3ccccc3n21. The lowest BCUT2D eigenvalue weighted by atomic mass is 10.1. The summed E-state index contributed by atoms with van der Waals surface area (Å²) < 4.78 is 15.0. The Morgan fingerprint density at radius 1 is 1.00 bits per heavy atom. The van der Waals surface area contributed by atoms with Crippen molar-refractivity contribution < 1.29 is 14.0 Å². The predicted molar refractivity (Wildman–Crippen MR) is 116 cm³/mol. The number of anilines is 2. The van der Waals surface area contributed by atoms with Crippen LogP contribution in [0.5, 0.6) is 0 Å². The number of nitrogens with one attached hydrogen (secondary N) is 1. The number of fused-ring (bicyclic) bond motifs is 3. The van der Waals surface area contributed by atoms with Gasteiger partial charge in [-0.3, -0.25) is 19.1 Å². The molecule has 1 N–H and O–H groups in total. The van der Waals surface area contributed by atoms with Crippen molar-refractivity contribution in [2.24, 2.45) is 0 Å². The molecule has 1 aliphatic heterocycles. The highest BCUT2D eigenvalue weighted by Crippen LogP contribution is 2.35. The summed E-state index contributed by atoms with van der Waals surface area (Å²) in [7, 11) is 0. The van der Waals surface area contributed by atoms with Crippen LogP contribution in [0.3, 0.4) is 0 Å². The van der Waals surface area contributed by atoms with Crippen molar-refractivity contribution in [2.75, 3.05) is 10.2 Å². The number of carbonyl (C=O) groups is 2. The van der Waals surface area contributed by atoms with Gasteiger partial charge in [0.2, 0.25) is 17.8 Å². The topological polar surface area (TPSA) is 67.2 Å². The fourth-order valence-electron chi connectivity index (χ4n) is 3.90. The van der Waals surface area contributed by atoms with E-state index in [1.165, 1.54) is 24.3 Å². The van der Waals surface area contributed by atoms with Crippen molar-refractivity contribution in [3.05, 3.63) is 90.2 Å². The number of amides is 2. The lowest BCUT2D eigenvalue weighted by Gasteiger charge is -2.32. The zero-order valence-electron chi connectivity index (χ0n) is 16.5. The highest BCUT2D eigenvalue weighted by Gasteiger charge is 2.37. The summed E-state index contributed by atoms with van der Waals surface area (Å²) in [6.45, 7) is 0.370. The second kappa shape index (κ2) is 7.68. The van der Waals surface area contributed by atoms with Gasteiger partial charge in [-0.2, -0.15) is 0 Å². The number of aromatic nitrogens is 2. The predicted octanol–water partition coefficient (Wildman–Crippen LogP) is 4.29. The number of halogens is 1. The van der Waals surface area contributed by atoms with Crippen LogP contribution in [0.2, 0.25) is 0 Å². The molecule has 31 heavy (non-hydrogen) atoms. The Balaban J connectivity index is 1.54. The summed E-state index contributed by atoms with van der Waals surface area (Å²) in [4.78, 5) is 32.5. The van der Waals surface area contributed by atoms with E-state index < -0.39 is 6.04 Å². The van der Waals surface area contributed by atoms with Gasteiger partial charge in [0, 0.05) is 5.69 Å². The molecule has 0 aliphatic carbocycles. The molecule has 1 aromatic heterocycles. The zero-order valence-corrected chi connectivity index (χ0v) is 16.5. The van der Waals surface area contributed by atoms with Crippen LogP contribution in [0.25, 0.3) is 11.0 Å². The van der Waals surface area contributed by atoms with Crippen LogP contribution >= 0.6 is 0 Å². The van der Waals surface area contributed by atoms with E-state index in [9.17, 15) is 14.0 Å². The van der Waals surface area contributed by atoms with Crippen molar-refractivity contribution in [3.8, 4) is 0 Å². The quantitative estimate of drug-likeness (QED) is 0.542. The van der Waals surface area contributed by atoms with E-state index in [2.05, 4.69) is 10.3 Å². The largest absolute Gasteiger partial charge is 0.324 e. The molecule has 1 aliphatic rings.